The van der Waals surface area contributed by atoms with E-state index in [2.05, 4.69) is 40.8 Å². The van der Waals surface area contributed by atoms with Gasteiger partial charge in [-0.1, -0.05) is 32.0 Å². The Balaban J connectivity index is 2.34. The molecule has 0 unspecified atom stereocenters. The molecule has 0 saturated carbocycles. The molecule has 0 aliphatic carbocycles. The van der Waals surface area contributed by atoms with Crippen LogP contribution in [0, 0.1) is 0 Å². The summed E-state index contributed by atoms with van der Waals surface area (Å²) >= 11 is 3.43. The first kappa shape index (κ1) is 12.1. The minimum atomic E-state index is 0.425. The molecule has 2 rings (SSSR count). The molecule has 2 nitrogen and oxygen atoms in total. The number of hydrogen-bond donors (Lipinski definition) is 0. The summed E-state index contributed by atoms with van der Waals surface area (Å²) in [7, 11) is 0. The maximum atomic E-state index is 5.84. The Morgan fingerprint density at radius 2 is 1.88 bits per heavy atom. The maximum absolute atomic E-state index is 5.84. The van der Waals surface area contributed by atoms with Crippen LogP contribution in [0.25, 0.3) is 0 Å². The van der Waals surface area contributed by atoms with Crippen molar-refractivity contribution >= 4 is 15.9 Å². The smallest absolute Gasteiger partial charge is 0.233 e. The number of nitrogens with zero attached hydrogens (tertiary/aromatic N) is 1. The summed E-state index contributed by atoms with van der Waals surface area (Å²) in [5.41, 5.74) is 1.19. The summed E-state index contributed by atoms with van der Waals surface area (Å²) in [6, 6.07) is 11.8. The molecular formula is C14H14BrNO. The number of ether oxygens (including phenoxy) is 1. The summed E-state index contributed by atoms with van der Waals surface area (Å²) in [5.74, 6) is 1.89. The number of para-hydroxylation sites is 1. The summed E-state index contributed by atoms with van der Waals surface area (Å²) < 4.78 is 6.70. The van der Waals surface area contributed by atoms with Gasteiger partial charge in [0.1, 0.15) is 5.75 Å². The third-order valence-electron chi connectivity index (χ3n) is 2.47. The molecule has 17 heavy (non-hydrogen) atoms. The van der Waals surface area contributed by atoms with Gasteiger partial charge in [0.2, 0.25) is 5.88 Å². The monoisotopic (exact) mass is 291 g/mol. The number of hydrogen-bond acceptors (Lipinski definition) is 2. The molecule has 0 aliphatic heterocycles. The minimum Gasteiger partial charge on any atom is -0.438 e. The Morgan fingerprint density at radius 3 is 2.59 bits per heavy atom. The zero-order valence-corrected chi connectivity index (χ0v) is 11.4. The number of halogens is 1. The predicted octanol–water partition coefficient (Wildman–Crippen LogP) is 4.76. The van der Waals surface area contributed by atoms with Gasteiger partial charge in [-0.05, 0) is 45.6 Å². The van der Waals surface area contributed by atoms with Crippen molar-refractivity contribution in [3.8, 4) is 11.6 Å². The largest absolute Gasteiger partial charge is 0.438 e. The first-order chi connectivity index (χ1) is 8.18. The van der Waals surface area contributed by atoms with Crippen LogP contribution in [0.3, 0.4) is 0 Å². The molecule has 0 radical (unpaired) electrons. The van der Waals surface area contributed by atoms with Gasteiger partial charge in [0, 0.05) is 6.20 Å². The van der Waals surface area contributed by atoms with E-state index in [-0.39, 0.29) is 0 Å². The van der Waals surface area contributed by atoms with Crippen LogP contribution in [0.2, 0.25) is 0 Å². The van der Waals surface area contributed by atoms with Crippen molar-refractivity contribution in [3.63, 3.8) is 0 Å². The second-order valence-corrected chi connectivity index (χ2v) is 4.94. The molecule has 0 fully saturated rings. The lowest BCUT2D eigenvalue weighted by molar-refractivity contribution is 0.451. The SMILES string of the molecule is CC(C)c1ccccc1Oc1ncccc1Br. The molecule has 88 valence electrons. The Kier molecular flexibility index (Phi) is 3.79. The lowest BCUT2D eigenvalue weighted by Crippen LogP contribution is -1.95. The molecule has 0 saturated heterocycles. The molecule has 1 heterocycles. The van der Waals surface area contributed by atoms with Gasteiger partial charge in [0.25, 0.3) is 0 Å². The van der Waals surface area contributed by atoms with Crippen LogP contribution in [0.4, 0.5) is 0 Å². The second-order valence-electron chi connectivity index (χ2n) is 4.08. The predicted molar refractivity (Wildman–Crippen MR) is 72.5 cm³/mol. The zero-order chi connectivity index (χ0) is 12.3. The maximum Gasteiger partial charge on any atom is 0.233 e. The minimum absolute atomic E-state index is 0.425. The number of rotatable bonds is 3. The molecule has 2 aromatic rings. The van der Waals surface area contributed by atoms with Gasteiger partial charge in [-0.15, -0.1) is 0 Å². The fraction of sp³-hybridized carbons (Fsp3) is 0.214. The van der Waals surface area contributed by atoms with Crippen LogP contribution < -0.4 is 4.74 Å². The third kappa shape index (κ3) is 2.86. The van der Waals surface area contributed by atoms with Gasteiger partial charge in [0.15, 0.2) is 0 Å². The van der Waals surface area contributed by atoms with Crippen LogP contribution >= 0.6 is 15.9 Å². The zero-order valence-electron chi connectivity index (χ0n) is 9.85. The van der Waals surface area contributed by atoms with Gasteiger partial charge in [-0.3, -0.25) is 0 Å². The Labute approximate surface area is 110 Å². The second kappa shape index (κ2) is 5.32. The van der Waals surface area contributed by atoms with Gasteiger partial charge in [-0.25, -0.2) is 4.98 Å². The highest BCUT2D eigenvalue weighted by Gasteiger charge is 2.09. The normalized spacial score (nSPS) is 10.6. The molecule has 0 bridgehead atoms. The molecular weight excluding hydrogens is 278 g/mol. The van der Waals surface area contributed by atoms with Gasteiger partial charge in [0.05, 0.1) is 4.47 Å². The highest BCUT2D eigenvalue weighted by molar-refractivity contribution is 9.10. The first-order valence-corrected chi connectivity index (χ1v) is 6.35. The van der Waals surface area contributed by atoms with E-state index in [1.54, 1.807) is 6.20 Å². The van der Waals surface area contributed by atoms with Gasteiger partial charge >= 0.3 is 0 Å². The fourth-order valence-electron chi connectivity index (χ4n) is 1.60. The molecule has 0 atom stereocenters. The van der Waals surface area contributed by atoms with Crippen LogP contribution in [0.1, 0.15) is 25.3 Å². The first-order valence-electron chi connectivity index (χ1n) is 5.56. The van der Waals surface area contributed by atoms with Crippen LogP contribution in [0.15, 0.2) is 47.1 Å². The van der Waals surface area contributed by atoms with Crippen molar-refractivity contribution in [2.75, 3.05) is 0 Å². The van der Waals surface area contributed by atoms with Crippen molar-refractivity contribution in [1.29, 1.82) is 0 Å². The molecule has 1 aromatic carbocycles. The average molecular weight is 292 g/mol. The Morgan fingerprint density at radius 1 is 1.12 bits per heavy atom. The fourth-order valence-corrected chi connectivity index (χ4v) is 1.94. The lowest BCUT2D eigenvalue weighted by Gasteiger charge is -2.13. The third-order valence-corrected chi connectivity index (χ3v) is 3.08. The molecule has 0 aliphatic rings. The van der Waals surface area contributed by atoms with Crippen LogP contribution in [-0.2, 0) is 0 Å². The van der Waals surface area contributed by atoms with Crippen molar-refractivity contribution < 1.29 is 4.74 Å². The van der Waals surface area contributed by atoms with E-state index in [4.69, 9.17) is 4.74 Å². The summed E-state index contributed by atoms with van der Waals surface area (Å²) in [4.78, 5) is 4.20. The van der Waals surface area contributed by atoms with Crippen molar-refractivity contribution in [2.24, 2.45) is 0 Å². The molecule has 0 amide bonds. The molecule has 3 heteroatoms. The van der Waals surface area contributed by atoms with Crippen molar-refractivity contribution in [2.45, 2.75) is 19.8 Å². The van der Waals surface area contributed by atoms with Crippen molar-refractivity contribution in [1.82, 2.24) is 4.98 Å². The van der Waals surface area contributed by atoms with Crippen molar-refractivity contribution in [3.05, 3.63) is 52.6 Å². The molecule has 0 N–H and O–H groups in total. The summed E-state index contributed by atoms with van der Waals surface area (Å²) in [5, 5.41) is 0. The van der Waals surface area contributed by atoms with Gasteiger partial charge in [-0.2, -0.15) is 0 Å². The number of aromatic nitrogens is 1. The molecule has 0 spiro atoms. The lowest BCUT2D eigenvalue weighted by atomic mass is 10.0. The summed E-state index contributed by atoms with van der Waals surface area (Å²) in [6.07, 6.45) is 1.72. The van der Waals surface area contributed by atoms with E-state index < -0.39 is 0 Å². The van der Waals surface area contributed by atoms with E-state index >= 15 is 0 Å². The number of pyridine rings is 1. The average Bonchev–Trinajstić information content (AvgIpc) is 2.32. The van der Waals surface area contributed by atoms with E-state index in [0.717, 1.165) is 10.2 Å². The van der Waals surface area contributed by atoms with E-state index in [0.29, 0.717) is 11.8 Å². The topological polar surface area (TPSA) is 22.1 Å². The Hall–Kier alpha value is -1.35. The highest BCUT2D eigenvalue weighted by Crippen LogP contribution is 2.32. The van der Waals surface area contributed by atoms with Crippen LogP contribution in [-0.4, -0.2) is 4.98 Å². The van der Waals surface area contributed by atoms with Gasteiger partial charge < -0.3 is 4.74 Å². The van der Waals surface area contributed by atoms with E-state index in [1.807, 2.05) is 30.3 Å². The van der Waals surface area contributed by atoms with Crippen LogP contribution in [0.5, 0.6) is 11.6 Å². The van der Waals surface area contributed by atoms with E-state index in [1.165, 1.54) is 5.56 Å². The quantitative estimate of drug-likeness (QED) is 0.813. The summed E-state index contributed by atoms with van der Waals surface area (Å²) in [6.45, 7) is 4.30. The highest BCUT2D eigenvalue weighted by atomic mass is 79.9. The standard InChI is InChI=1S/C14H14BrNO/c1-10(2)11-6-3-4-8-13(11)17-14-12(15)7-5-9-16-14/h3-10H,1-2H3. The molecule has 1 aromatic heterocycles. The Bertz CT molecular complexity index is 511. The number of benzene rings is 1. The van der Waals surface area contributed by atoms with E-state index in [9.17, 15) is 0 Å².